The zero-order valence-electron chi connectivity index (χ0n) is 23.1. The molecule has 1 aliphatic rings. The van der Waals surface area contributed by atoms with Crippen molar-refractivity contribution in [1.29, 1.82) is 0 Å². The van der Waals surface area contributed by atoms with Gasteiger partial charge in [0.25, 0.3) is 0 Å². The molecule has 0 radical (unpaired) electrons. The Hall–Kier alpha value is -3.68. The first-order chi connectivity index (χ1) is 18.1. The van der Waals surface area contributed by atoms with Gasteiger partial charge in [0.2, 0.25) is 17.7 Å². The summed E-state index contributed by atoms with van der Waals surface area (Å²) in [6.45, 7) is 7.43. The summed E-state index contributed by atoms with van der Waals surface area (Å²) < 4.78 is 0. The van der Waals surface area contributed by atoms with Gasteiger partial charge >= 0.3 is 0 Å². The molecule has 1 aliphatic heterocycles. The van der Waals surface area contributed by atoms with Gasteiger partial charge in [0.05, 0.1) is 17.8 Å². The lowest BCUT2D eigenvalue weighted by Crippen LogP contribution is -2.55. The van der Waals surface area contributed by atoms with Gasteiger partial charge in [0.15, 0.2) is 0 Å². The minimum absolute atomic E-state index is 0.292. The molecule has 0 bridgehead atoms. The number of hydrogen-bond donors (Lipinski definition) is 3. The summed E-state index contributed by atoms with van der Waals surface area (Å²) in [5.74, 6) is -0.457. The number of nitrogens with zero attached hydrogens (tertiary/aromatic N) is 2. The van der Waals surface area contributed by atoms with Crippen molar-refractivity contribution in [3.05, 3.63) is 71.8 Å². The zero-order valence-corrected chi connectivity index (χ0v) is 23.1. The zero-order chi connectivity index (χ0) is 27.7. The highest BCUT2D eigenvalue weighted by atomic mass is 16.2. The molecule has 8 heteroatoms. The first-order valence-corrected chi connectivity index (χ1v) is 13.4. The highest BCUT2D eigenvalue weighted by Gasteiger charge is 2.32. The monoisotopic (exact) mass is 519 g/mol. The quantitative estimate of drug-likeness (QED) is 0.401. The van der Waals surface area contributed by atoms with Gasteiger partial charge in [0, 0.05) is 26.8 Å². The van der Waals surface area contributed by atoms with Crippen LogP contribution in [0.1, 0.15) is 51.7 Å². The van der Waals surface area contributed by atoms with Crippen molar-refractivity contribution in [2.45, 2.75) is 77.5 Å². The first kappa shape index (κ1) is 28.9. The molecule has 4 atom stereocenters. The van der Waals surface area contributed by atoms with E-state index < -0.39 is 18.0 Å². The largest absolute Gasteiger partial charge is 0.346 e. The molecule has 1 unspecified atom stereocenters. The first-order valence-electron chi connectivity index (χ1n) is 13.4. The van der Waals surface area contributed by atoms with Gasteiger partial charge in [-0.3, -0.25) is 19.4 Å². The number of hydrazone groups is 1. The van der Waals surface area contributed by atoms with E-state index in [1.165, 1.54) is 6.92 Å². The van der Waals surface area contributed by atoms with Crippen molar-refractivity contribution in [1.82, 2.24) is 21.0 Å². The van der Waals surface area contributed by atoms with Gasteiger partial charge in [-0.05, 0) is 36.8 Å². The Kier molecular flexibility index (Phi) is 10.4. The Morgan fingerprint density at radius 1 is 0.868 bits per heavy atom. The molecule has 3 rings (SSSR count). The van der Waals surface area contributed by atoms with E-state index >= 15 is 0 Å². The molecule has 0 spiro atoms. The van der Waals surface area contributed by atoms with Gasteiger partial charge in [-0.2, -0.15) is 5.10 Å². The van der Waals surface area contributed by atoms with Gasteiger partial charge in [-0.25, -0.2) is 0 Å². The van der Waals surface area contributed by atoms with Crippen LogP contribution in [0.15, 0.2) is 65.8 Å². The fourth-order valence-electron chi connectivity index (χ4n) is 4.77. The van der Waals surface area contributed by atoms with E-state index in [1.807, 2.05) is 72.7 Å². The lowest BCUT2D eigenvalue weighted by molar-refractivity contribution is -0.131. The van der Waals surface area contributed by atoms with Crippen LogP contribution in [0.5, 0.6) is 0 Å². The second kappa shape index (κ2) is 13.7. The van der Waals surface area contributed by atoms with E-state index in [9.17, 15) is 14.4 Å². The Morgan fingerprint density at radius 3 is 2.00 bits per heavy atom. The van der Waals surface area contributed by atoms with E-state index in [1.54, 1.807) is 6.92 Å². The average molecular weight is 520 g/mol. The highest BCUT2D eigenvalue weighted by molar-refractivity contribution is 5.97. The van der Waals surface area contributed by atoms with Crippen molar-refractivity contribution < 1.29 is 14.4 Å². The topological polar surface area (TPSA) is 103 Å². The third kappa shape index (κ3) is 8.71. The third-order valence-electron chi connectivity index (χ3n) is 6.73. The molecule has 2 aromatic rings. The van der Waals surface area contributed by atoms with Crippen LogP contribution >= 0.6 is 0 Å². The number of hydrogen-bond acceptors (Lipinski definition) is 5. The number of amides is 3. The van der Waals surface area contributed by atoms with Crippen LogP contribution in [0.2, 0.25) is 0 Å². The predicted octanol–water partition coefficient (Wildman–Crippen LogP) is 3.07. The van der Waals surface area contributed by atoms with Crippen LogP contribution in [0.3, 0.4) is 0 Å². The van der Waals surface area contributed by atoms with Crippen LogP contribution < -0.4 is 16.0 Å². The molecule has 0 aliphatic carbocycles. The molecule has 204 valence electrons. The van der Waals surface area contributed by atoms with Crippen molar-refractivity contribution in [2.75, 3.05) is 7.05 Å². The van der Waals surface area contributed by atoms with Crippen molar-refractivity contribution >= 4 is 23.4 Å². The normalized spacial score (nSPS) is 17.4. The molecule has 38 heavy (non-hydrogen) atoms. The summed E-state index contributed by atoms with van der Waals surface area (Å²) in [6, 6.07) is 17.9. The number of nitrogens with one attached hydrogen (secondary N) is 3. The Bertz CT molecular complexity index is 1100. The number of carbonyl (C=O) groups is 3. The number of rotatable bonds is 12. The molecular weight excluding hydrogens is 478 g/mol. The number of carbonyl (C=O) groups excluding carboxylic acids is 3. The van der Waals surface area contributed by atoms with Crippen molar-refractivity contribution in [3.63, 3.8) is 0 Å². The van der Waals surface area contributed by atoms with Gasteiger partial charge in [-0.1, -0.05) is 74.5 Å². The van der Waals surface area contributed by atoms with E-state index in [4.69, 9.17) is 5.10 Å². The van der Waals surface area contributed by atoms with Gasteiger partial charge in [0.1, 0.15) is 12.1 Å². The molecule has 3 N–H and O–H groups in total. The maximum absolute atomic E-state index is 13.3. The minimum Gasteiger partial charge on any atom is -0.346 e. The third-order valence-corrected chi connectivity index (χ3v) is 6.73. The standard InChI is InChI=1S/C30H41N5O3/c1-20(2)16-25-19-27(34-35(25)5)26(17-23-12-8-6-9-13-23)33-29(37)21(3)31-30(38)28(32-22(4)36)18-24-14-10-7-11-15-24/h6-15,20-21,25-26,28H,16-19H2,1-5H3,(H,31,38)(H,32,36)(H,33,37)/t21-,25?,26-,28-/m0/s1. The maximum atomic E-state index is 13.3. The fourth-order valence-corrected chi connectivity index (χ4v) is 4.77. The molecule has 0 aromatic heterocycles. The van der Waals surface area contributed by atoms with E-state index in [2.05, 4.69) is 29.8 Å². The summed E-state index contributed by atoms with van der Waals surface area (Å²) in [4.78, 5) is 38.1. The lowest BCUT2D eigenvalue weighted by Gasteiger charge is -2.24. The van der Waals surface area contributed by atoms with E-state index in [0.29, 0.717) is 24.8 Å². The Morgan fingerprint density at radius 2 is 1.45 bits per heavy atom. The molecule has 0 fully saturated rings. The van der Waals surface area contributed by atoms with Crippen LogP contribution in [-0.4, -0.2) is 59.7 Å². The summed E-state index contributed by atoms with van der Waals surface area (Å²) in [7, 11) is 1.99. The molecular formula is C30H41N5O3. The summed E-state index contributed by atoms with van der Waals surface area (Å²) in [5.41, 5.74) is 2.95. The summed E-state index contributed by atoms with van der Waals surface area (Å²) >= 11 is 0. The van der Waals surface area contributed by atoms with Crippen LogP contribution in [-0.2, 0) is 27.2 Å². The van der Waals surface area contributed by atoms with Crippen LogP contribution in [0, 0.1) is 5.92 Å². The summed E-state index contributed by atoms with van der Waals surface area (Å²) in [5, 5.41) is 15.4. The van der Waals surface area contributed by atoms with Crippen LogP contribution in [0.25, 0.3) is 0 Å². The average Bonchev–Trinajstić information content (AvgIpc) is 3.23. The molecule has 1 heterocycles. The predicted molar refractivity (Wildman–Crippen MR) is 150 cm³/mol. The minimum atomic E-state index is -0.793. The molecule has 0 saturated heterocycles. The SMILES string of the molecule is CC(=O)N[C@@H](Cc1ccccc1)C(=O)N[C@@H](C)C(=O)N[C@@H](Cc1ccccc1)C1=NN(C)C(CC(C)C)C1. The second-order valence-electron chi connectivity index (χ2n) is 10.6. The van der Waals surface area contributed by atoms with Gasteiger partial charge < -0.3 is 16.0 Å². The molecule has 8 nitrogen and oxygen atoms in total. The lowest BCUT2D eigenvalue weighted by atomic mass is 9.94. The van der Waals surface area contributed by atoms with E-state index in [0.717, 1.165) is 29.7 Å². The van der Waals surface area contributed by atoms with Crippen molar-refractivity contribution in [2.24, 2.45) is 11.0 Å². The molecule has 0 saturated carbocycles. The summed E-state index contributed by atoms with van der Waals surface area (Å²) in [6.07, 6.45) is 2.75. The van der Waals surface area contributed by atoms with Crippen LogP contribution in [0.4, 0.5) is 0 Å². The highest BCUT2D eigenvalue weighted by Crippen LogP contribution is 2.23. The maximum Gasteiger partial charge on any atom is 0.243 e. The smallest absolute Gasteiger partial charge is 0.243 e. The molecule has 3 amide bonds. The number of benzene rings is 2. The fraction of sp³-hybridized carbons (Fsp3) is 0.467. The molecule has 2 aromatic carbocycles. The Balaban J connectivity index is 1.69. The van der Waals surface area contributed by atoms with Crippen molar-refractivity contribution in [3.8, 4) is 0 Å². The van der Waals surface area contributed by atoms with Gasteiger partial charge in [-0.15, -0.1) is 0 Å². The second-order valence-corrected chi connectivity index (χ2v) is 10.6. The van der Waals surface area contributed by atoms with E-state index in [-0.39, 0.29) is 17.9 Å². The Labute approximate surface area is 226 Å².